The minimum absolute atomic E-state index is 0. The molecule has 0 radical (unpaired) electrons. The van der Waals surface area contributed by atoms with E-state index in [2.05, 4.69) is 0 Å². The molecule has 21 N–H and O–H groups in total. The zero-order valence-corrected chi connectivity index (χ0v) is 11.1. The van der Waals surface area contributed by atoms with Crippen LogP contribution in [0.2, 0.25) is 0 Å². The van der Waals surface area contributed by atoms with Crippen molar-refractivity contribution in [1.82, 2.24) is 0 Å². The molecule has 0 aliphatic carbocycles. The van der Waals surface area contributed by atoms with Crippen molar-refractivity contribution in [2.45, 2.75) is 7.43 Å². The molecule has 22 heteroatoms. The van der Waals surface area contributed by atoms with E-state index in [4.69, 9.17) is 46.0 Å². The number of nitrogens with zero attached hydrogens (tertiary/aromatic N) is 3. The van der Waals surface area contributed by atoms with Gasteiger partial charge in [-0.05, 0) is 0 Å². The number of hydrogen-bond donors (Lipinski definition) is 3. The van der Waals surface area contributed by atoms with Gasteiger partial charge in [-0.25, -0.2) is 0 Å². The Morgan fingerprint density at radius 1 is 0.478 bits per heavy atom. The van der Waals surface area contributed by atoms with E-state index in [9.17, 15) is 0 Å². The maximum absolute atomic E-state index is 8.36. The molecule has 0 unspecified atom stereocenters. The Bertz CT molecular complexity index is 122. The summed E-state index contributed by atoms with van der Waals surface area (Å²) in [5.74, 6) is 0. The molecule has 0 saturated carbocycles. The fraction of sp³-hybridized carbons (Fsp3) is 1.00. The third-order valence-corrected chi connectivity index (χ3v) is 0. The number of rotatable bonds is 0. The van der Waals surface area contributed by atoms with Gasteiger partial charge in [-0.15, -0.1) is 30.3 Å². The van der Waals surface area contributed by atoms with Crippen LogP contribution in [-0.4, -0.2) is 80.2 Å². The molecule has 0 heterocycles. The van der Waals surface area contributed by atoms with E-state index in [1.807, 2.05) is 0 Å². The van der Waals surface area contributed by atoms with Gasteiger partial charge in [0.1, 0.15) is 0 Å². The Labute approximate surface area is 136 Å². The summed E-state index contributed by atoms with van der Waals surface area (Å²) in [6, 6.07) is 0. The Balaban J connectivity index is -0.00000000355. The van der Waals surface area contributed by atoms with Gasteiger partial charge in [0.25, 0.3) is 15.3 Å². The van der Waals surface area contributed by atoms with Gasteiger partial charge in [0.05, 0.1) is 0 Å². The minimum atomic E-state index is -1.50. The van der Waals surface area contributed by atoms with E-state index in [1.54, 1.807) is 0 Å². The summed E-state index contributed by atoms with van der Waals surface area (Å²) in [4.78, 5) is 25.1. The monoisotopic (exact) mass is 423 g/mol. The van der Waals surface area contributed by atoms with Crippen molar-refractivity contribution < 1.29 is 97.2 Å². The molecule has 0 aliphatic heterocycles. The van der Waals surface area contributed by atoms with Crippen LogP contribution in [-0.2, 0) is 17.1 Å². The van der Waals surface area contributed by atoms with Crippen molar-refractivity contribution in [2.75, 3.05) is 0 Å². The summed E-state index contributed by atoms with van der Waals surface area (Å²) in [7, 11) is 0. The van der Waals surface area contributed by atoms with E-state index in [0.29, 0.717) is 0 Å². The second kappa shape index (κ2) is 152. The van der Waals surface area contributed by atoms with E-state index in [1.165, 1.54) is 0 Å². The molecule has 0 atom stereocenters. The van der Waals surface area contributed by atoms with Gasteiger partial charge < -0.3 is 64.9 Å². The average molecular weight is 423 g/mol. The van der Waals surface area contributed by atoms with Crippen LogP contribution in [0.25, 0.3) is 0 Å². The third kappa shape index (κ3) is 1240. The van der Waals surface area contributed by atoms with Crippen molar-refractivity contribution in [2.24, 2.45) is 0 Å². The fourth-order valence-corrected chi connectivity index (χ4v) is 0. The van der Waals surface area contributed by atoms with Crippen molar-refractivity contribution in [3.8, 4) is 0 Å². The van der Waals surface area contributed by atoms with Crippen molar-refractivity contribution in [1.29, 1.82) is 0 Å². The van der Waals surface area contributed by atoms with Crippen molar-refractivity contribution in [3.05, 3.63) is 30.3 Å². The smallest absolute Gasteiger partial charge is 0.291 e. The molecule has 0 aliphatic rings. The molecular formula is CH25FeN3O18. The van der Waals surface area contributed by atoms with Crippen LogP contribution < -0.4 is 0 Å². The Morgan fingerprint density at radius 2 is 0.478 bits per heavy atom. The van der Waals surface area contributed by atoms with Gasteiger partial charge in [0.2, 0.25) is 0 Å². The molecule has 0 fully saturated rings. The molecule has 0 aromatic heterocycles. The van der Waals surface area contributed by atoms with Gasteiger partial charge in [-0.1, -0.05) is 7.43 Å². The molecule has 0 saturated heterocycles. The molecule has 0 aromatic rings. The summed E-state index contributed by atoms with van der Waals surface area (Å²) >= 11 is 0. The summed E-state index contributed by atoms with van der Waals surface area (Å²) in [5.41, 5.74) is 0. The molecule has 0 rings (SSSR count). The van der Waals surface area contributed by atoms with Crippen LogP contribution in [0.15, 0.2) is 0 Å². The van der Waals surface area contributed by atoms with Crippen LogP contribution >= 0.6 is 0 Å². The third-order valence-electron chi connectivity index (χ3n) is 0. The zero-order chi connectivity index (χ0) is 10.7. The Kier molecular flexibility index (Phi) is 1170. The fourth-order valence-electron chi connectivity index (χ4n) is 0. The van der Waals surface area contributed by atoms with E-state index >= 15 is 0 Å². The molecular weight excluding hydrogens is 398 g/mol. The predicted molar refractivity (Wildman–Crippen MR) is 65.6 cm³/mol. The van der Waals surface area contributed by atoms with Crippen molar-refractivity contribution in [3.63, 3.8) is 0 Å². The van der Waals surface area contributed by atoms with Gasteiger partial charge in [0, 0.05) is 17.1 Å². The Morgan fingerprint density at radius 3 is 0.478 bits per heavy atom. The van der Waals surface area contributed by atoms with Crippen LogP contribution in [0.5, 0.6) is 0 Å². The SMILES string of the molecule is C.O.O.O.O.O.O.O.O.O.O=[N+]([O-])O.O=[N+]([O-])O.O=[N+]([O-])O.[Fe]. The number of hydrogen-bond acceptors (Lipinski definition) is 6. The zero-order valence-electron chi connectivity index (χ0n) is 9.99. The summed E-state index contributed by atoms with van der Waals surface area (Å²) in [6.07, 6.45) is 0. The van der Waals surface area contributed by atoms with Crippen LogP contribution in [0, 0.1) is 30.3 Å². The largest absolute Gasteiger partial charge is 0.412 e. The molecule has 0 spiro atoms. The summed E-state index contributed by atoms with van der Waals surface area (Å²) < 4.78 is 0. The standard InChI is InChI=1S/CH4.Fe.3HNO3.9H2O/c;;3*2-1(3)4;;;;;;;;;/h1H4;;3*(H,2,3,4);9*1H2. The quantitative estimate of drug-likeness (QED) is 0.189. The van der Waals surface area contributed by atoms with E-state index in [-0.39, 0.29) is 73.8 Å². The molecule has 21 nitrogen and oxygen atoms in total. The molecule has 0 bridgehead atoms. The normalized spacial score (nSPS) is 3.13. The van der Waals surface area contributed by atoms with Gasteiger partial charge in [-0.2, -0.15) is 0 Å². The first-order valence-electron chi connectivity index (χ1n) is 1.70. The molecule has 23 heavy (non-hydrogen) atoms. The van der Waals surface area contributed by atoms with Gasteiger partial charge in [0.15, 0.2) is 0 Å². The second-order valence-electron chi connectivity index (χ2n) is 0.714. The van der Waals surface area contributed by atoms with Crippen LogP contribution in [0.3, 0.4) is 0 Å². The molecule has 160 valence electrons. The maximum Gasteiger partial charge on any atom is 0.291 e. The maximum atomic E-state index is 8.36. The van der Waals surface area contributed by atoms with Gasteiger partial charge in [-0.3, -0.25) is 0 Å². The first-order valence-corrected chi connectivity index (χ1v) is 1.70. The van der Waals surface area contributed by atoms with E-state index in [0.717, 1.165) is 0 Å². The van der Waals surface area contributed by atoms with E-state index < -0.39 is 15.3 Å². The average Bonchev–Trinajstić information content (AvgIpc) is 1.54. The molecule has 0 aromatic carbocycles. The van der Waals surface area contributed by atoms with Gasteiger partial charge >= 0.3 is 0 Å². The van der Waals surface area contributed by atoms with Crippen molar-refractivity contribution >= 4 is 0 Å². The van der Waals surface area contributed by atoms with Crippen LogP contribution in [0.1, 0.15) is 7.43 Å². The Hall–Kier alpha value is -2.24. The predicted octanol–water partition coefficient (Wildman–Crippen LogP) is -7.83. The topological polar surface area (TPSA) is 474 Å². The van der Waals surface area contributed by atoms with Crippen LogP contribution in [0.4, 0.5) is 0 Å². The first kappa shape index (κ1) is 177. The second-order valence-corrected chi connectivity index (χ2v) is 0.714. The summed E-state index contributed by atoms with van der Waals surface area (Å²) in [6.45, 7) is 0. The minimum Gasteiger partial charge on any atom is -0.412 e. The molecule has 0 amide bonds. The first-order chi connectivity index (χ1) is 5.20. The summed E-state index contributed by atoms with van der Waals surface area (Å²) in [5, 5.41) is 40.9.